The van der Waals surface area contributed by atoms with Crippen molar-refractivity contribution < 1.29 is 9.90 Å². The van der Waals surface area contributed by atoms with Crippen LogP contribution in [-0.2, 0) is 4.79 Å². The number of hydrogen-bond acceptors (Lipinski definition) is 2. The number of likely N-dealkylation sites (tertiary alicyclic amines) is 1. The number of aliphatic hydroxyl groups excluding tert-OH is 1. The summed E-state index contributed by atoms with van der Waals surface area (Å²) in [5.41, 5.74) is 0.639. The molecular formula is C20H28ClNO2. The van der Waals surface area contributed by atoms with Crippen LogP contribution in [0.15, 0.2) is 36.9 Å². The van der Waals surface area contributed by atoms with E-state index in [2.05, 4.69) is 6.58 Å². The zero-order valence-corrected chi connectivity index (χ0v) is 15.6. The number of hydrogen-bond donors (Lipinski definition) is 1. The van der Waals surface area contributed by atoms with E-state index < -0.39 is 11.5 Å². The summed E-state index contributed by atoms with van der Waals surface area (Å²) >= 11 is 6.01. The van der Waals surface area contributed by atoms with Crippen LogP contribution in [0.4, 0.5) is 0 Å². The fourth-order valence-electron chi connectivity index (χ4n) is 3.83. The maximum atomic E-state index is 13.3. The van der Waals surface area contributed by atoms with Gasteiger partial charge in [0.15, 0.2) is 0 Å². The molecule has 132 valence electrons. The number of nitrogens with zero attached hydrogens (tertiary/aromatic N) is 1. The van der Waals surface area contributed by atoms with Gasteiger partial charge >= 0.3 is 0 Å². The Labute approximate surface area is 150 Å². The number of rotatable bonds is 6. The van der Waals surface area contributed by atoms with E-state index in [0.717, 1.165) is 24.8 Å². The molecular weight excluding hydrogens is 322 g/mol. The summed E-state index contributed by atoms with van der Waals surface area (Å²) in [7, 11) is 0. The van der Waals surface area contributed by atoms with Crippen molar-refractivity contribution >= 4 is 17.5 Å². The Balaban J connectivity index is 2.44. The molecule has 1 heterocycles. The number of aliphatic hydroxyl groups is 1. The minimum atomic E-state index is -0.570. The van der Waals surface area contributed by atoms with Gasteiger partial charge in [-0.05, 0) is 50.3 Å². The predicted molar refractivity (Wildman–Crippen MR) is 99.0 cm³/mol. The van der Waals surface area contributed by atoms with Crippen LogP contribution in [-0.4, -0.2) is 28.1 Å². The van der Waals surface area contributed by atoms with E-state index in [9.17, 15) is 9.90 Å². The molecule has 1 fully saturated rings. The van der Waals surface area contributed by atoms with Crippen LogP contribution in [0.3, 0.4) is 0 Å². The molecule has 4 atom stereocenters. The molecule has 0 bridgehead atoms. The monoisotopic (exact) mass is 349 g/mol. The molecule has 0 aliphatic carbocycles. The predicted octanol–water partition coefficient (Wildman–Crippen LogP) is 4.75. The fraction of sp³-hybridized carbons (Fsp3) is 0.550. The van der Waals surface area contributed by atoms with Gasteiger partial charge in [-0.1, -0.05) is 43.7 Å². The summed E-state index contributed by atoms with van der Waals surface area (Å²) in [4.78, 5) is 15.3. The van der Waals surface area contributed by atoms with E-state index in [0.29, 0.717) is 11.4 Å². The van der Waals surface area contributed by atoms with Gasteiger partial charge in [0.25, 0.3) is 0 Å². The number of benzene rings is 1. The largest absolute Gasteiger partial charge is 0.391 e. The van der Waals surface area contributed by atoms with Crippen LogP contribution in [0.25, 0.3) is 0 Å². The van der Waals surface area contributed by atoms with Gasteiger partial charge in [0, 0.05) is 5.02 Å². The molecule has 24 heavy (non-hydrogen) atoms. The van der Waals surface area contributed by atoms with Crippen molar-refractivity contribution in [2.75, 3.05) is 0 Å². The Bertz CT molecular complexity index is 584. The first-order valence-corrected chi connectivity index (χ1v) is 9.09. The van der Waals surface area contributed by atoms with E-state index in [1.807, 2.05) is 49.1 Å². The third-order valence-electron chi connectivity index (χ3n) is 5.24. The van der Waals surface area contributed by atoms with Crippen molar-refractivity contribution in [2.24, 2.45) is 5.41 Å². The Hall–Kier alpha value is -1.32. The van der Waals surface area contributed by atoms with Crippen LogP contribution < -0.4 is 0 Å². The van der Waals surface area contributed by atoms with Crippen molar-refractivity contribution in [3.63, 3.8) is 0 Å². The summed E-state index contributed by atoms with van der Waals surface area (Å²) in [5.74, 6) is 0.112. The van der Waals surface area contributed by atoms with Crippen molar-refractivity contribution in [1.82, 2.24) is 4.90 Å². The van der Waals surface area contributed by atoms with Crippen molar-refractivity contribution in [3.8, 4) is 0 Å². The summed E-state index contributed by atoms with van der Waals surface area (Å²) < 4.78 is 0. The smallest absolute Gasteiger partial charge is 0.229 e. The average Bonchev–Trinajstić information content (AvgIpc) is 2.53. The van der Waals surface area contributed by atoms with Crippen LogP contribution in [0.5, 0.6) is 0 Å². The minimum Gasteiger partial charge on any atom is -0.391 e. The Kier molecular flexibility index (Phi) is 6.11. The molecule has 0 radical (unpaired) electrons. The third-order valence-corrected chi connectivity index (χ3v) is 5.49. The van der Waals surface area contributed by atoms with Crippen LogP contribution in [0.2, 0.25) is 5.02 Å². The zero-order valence-electron chi connectivity index (χ0n) is 14.8. The van der Waals surface area contributed by atoms with Gasteiger partial charge in [-0.25, -0.2) is 0 Å². The van der Waals surface area contributed by atoms with E-state index in [1.54, 1.807) is 6.92 Å². The molecule has 3 nitrogen and oxygen atoms in total. The van der Waals surface area contributed by atoms with Crippen LogP contribution in [0.1, 0.15) is 58.1 Å². The third kappa shape index (κ3) is 3.68. The highest BCUT2D eigenvalue weighted by atomic mass is 35.5. The molecule has 1 aliphatic rings. The Morgan fingerprint density at radius 1 is 1.46 bits per heavy atom. The summed E-state index contributed by atoms with van der Waals surface area (Å²) in [6.45, 7) is 9.60. The zero-order chi connectivity index (χ0) is 17.9. The SMILES string of the molecule is C=CC[C@@]1(C)CCC(c2ccc(Cl)cc2)N([C@@H](CC)C(C)O)C1=O. The number of piperidine rings is 1. The van der Waals surface area contributed by atoms with Crippen molar-refractivity contribution in [2.45, 2.75) is 64.6 Å². The maximum Gasteiger partial charge on any atom is 0.229 e. The average molecular weight is 350 g/mol. The first-order chi connectivity index (χ1) is 11.3. The Morgan fingerprint density at radius 2 is 2.08 bits per heavy atom. The highest BCUT2D eigenvalue weighted by molar-refractivity contribution is 6.30. The lowest BCUT2D eigenvalue weighted by Gasteiger charge is -2.48. The quantitative estimate of drug-likeness (QED) is 0.753. The highest BCUT2D eigenvalue weighted by Gasteiger charge is 2.46. The van der Waals surface area contributed by atoms with Gasteiger partial charge in [-0.3, -0.25) is 4.79 Å². The lowest BCUT2D eigenvalue weighted by atomic mass is 9.74. The molecule has 0 aromatic heterocycles. The molecule has 1 aliphatic heterocycles. The molecule has 1 aromatic carbocycles. The van der Waals surface area contributed by atoms with Crippen LogP contribution >= 0.6 is 11.6 Å². The first-order valence-electron chi connectivity index (χ1n) is 8.71. The number of amides is 1. The van der Waals surface area contributed by atoms with E-state index >= 15 is 0 Å². The molecule has 1 saturated heterocycles. The molecule has 4 heteroatoms. The van der Waals surface area contributed by atoms with Gasteiger partial charge in [-0.2, -0.15) is 0 Å². The summed E-state index contributed by atoms with van der Waals surface area (Å²) in [6, 6.07) is 7.48. The highest BCUT2D eigenvalue weighted by Crippen LogP contribution is 2.44. The van der Waals surface area contributed by atoms with Gasteiger partial charge in [0.1, 0.15) is 0 Å². The summed E-state index contributed by atoms with van der Waals surface area (Å²) in [6.07, 6.45) is 4.32. The number of carbonyl (C=O) groups is 1. The van der Waals surface area contributed by atoms with E-state index in [-0.39, 0.29) is 18.0 Å². The van der Waals surface area contributed by atoms with Gasteiger partial charge < -0.3 is 10.0 Å². The lowest BCUT2D eigenvalue weighted by molar-refractivity contribution is -0.156. The molecule has 2 unspecified atom stereocenters. The van der Waals surface area contributed by atoms with Gasteiger partial charge in [-0.15, -0.1) is 6.58 Å². The number of carbonyl (C=O) groups excluding carboxylic acids is 1. The molecule has 2 rings (SSSR count). The van der Waals surface area contributed by atoms with Gasteiger partial charge in [0.2, 0.25) is 5.91 Å². The standard InChI is InChI=1S/C20H28ClNO2/c1-5-12-20(4)13-11-18(15-7-9-16(21)10-8-15)22(19(20)24)17(6-2)14(3)23/h5,7-10,14,17-18,23H,1,6,11-13H2,2-4H3/t14?,17-,18?,20-/m0/s1. The second-order valence-corrected chi connectivity index (χ2v) is 7.52. The molecule has 1 amide bonds. The first kappa shape index (κ1) is 19.0. The molecule has 0 spiro atoms. The second kappa shape index (κ2) is 7.71. The number of halogens is 1. The van der Waals surface area contributed by atoms with Gasteiger partial charge in [0.05, 0.1) is 23.6 Å². The topological polar surface area (TPSA) is 40.5 Å². The fourth-order valence-corrected chi connectivity index (χ4v) is 3.95. The minimum absolute atomic E-state index is 0.0211. The lowest BCUT2D eigenvalue weighted by Crippen LogP contribution is -2.55. The van der Waals surface area contributed by atoms with Crippen LogP contribution in [0, 0.1) is 5.41 Å². The Morgan fingerprint density at radius 3 is 2.58 bits per heavy atom. The van der Waals surface area contributed by atoms with Crippen molar-refractivity contribution in [1.29, 1.82) is 0 Å². The molecule has 1 aromatic rings. The molecule has 0 saturated carbocycles. The summed E-state index contributed by atoms with van der Waals surface area (Å²) in [5, 5.41) is 10.9. The second-order valence-electron chi connectivity index (χ2n) is 7.09. The van der Waals surface area contributed by atoms with E-state index in [4.69, 9.17) is 11.6 Å². The molecule has 1 N–H and O–H groups in total. The number of allylic oxidation sites excluding steroid dienone is 1. The normalized spacial score (nSPS) is 27.0. The van der Waals surface area contributed by atoms with Crippen molar-refractivity contribution in [3.05, 3.63) is 47.5 Å². The van der Waals surface area contributed by atoms with E-state index in [1.165, 1.54) is 0 Å². The maximum absolute atomic E-state index is 13.3.